The molecule has 0 spiro atoms. The minimum atomic E-state index is -0.152. The molecule has 2 heterocycles. The van der Waals surface area contributed by atoms with Crippen LogP contribution in [0.2, 0.25) is 0 Å². The van der Waals surface area contributed by atoms with Crippen molar-refractivity contribution in [3.63, 3.8) is 0 Å². The van der Waals surface area contributed by atoms with Crippen molar-refractivity contribution in [3.05, 3.63) is 29.6 Å². The molecule has 1 saturated heterocycles. The van der Waals surface area contributed by atoms with Gasteiger partial charge in [-0.2, -0.15) is 0 Å². The van der Waals surface area contributed by atoms with Crippen LogP contribution in [0.25, 0.3) is 0 Å². The summed E-state index contributed by atoms with van der Waals surface area (Å²) in [5.41, 5.74) is 0.855. The first kappa shape index (κ1) is 16.5. The fourth-order valence-corrected chi connectivity index (χ4v) is 2.52. The minimum absolute atomic E-state index is 0.0691. The van der Waals surface area contributed by atoms with Crippen LogP contribution in [0.5, 0.6) is 0 Å². The van der Waals surface area contributed by atoms with Crippen molar-refractivity contribution in [1.82, 2.24) is 15.2 Å². The number of hydrogen-bond donors (Lipinski definition) is 1. The normalized spacial score (nSPS) is 15.5. The molecule has 5 heteroatoms. The molecule has 1 aliphatic rings. The van der Waals surface area contributed by atoms with Crippen molar-refractivity contribution >= 4 is 11.8 Å². The van der Waals surface area contributed by atoms with Crippen molar-refractivity contribution in [2.24, 2.45) is 5.92 Å². The van der Waals surface area contributed by atoms with Gasteiger partial charge in [0.05, 0.1) is 0 Å². The summed E-state index contributed by atoms with van der Waals surface area (Å²) in [4.78, 5) is 30.6. The smallest absolute Gasteiger partial charge is 0.272 e. The molecule has 0 aromatic carbocycles. The Bertz CT molecular complexity index is 520. The van der Waals surface area contributed by atoms with Crippen molar-refractivity contribution in [2.75, 3.05) is 19.6 Å². The predicted octanol–water partition coefficient (Wildman–Crippen LogP) is 2.48. The van der Waals surface area contributed by atoms with E-state index in [0.717, 1.165) is 25.9 Å². The third kappa shape index (κ3) is 4.55. The topological polar surface area (TPSA) is 62.3 Å². The molecule has 2 amide bonds. The maximum absolute atomic E-state index is 12.5. The SMILES string of the molecule is CC(C)CNC(=O)c1ccnc(C(=O)N2CCCCCC2)c1. The van der Waals surface area contributed by atoms with Crippen molar-refractivity contribution in [3.8, 4) is 0 Å². The van der Waals surface area contributed by atoms with E-state index in [2.05, 4.69) is 10.3 Å². The van der Waals surface area contributed by atoms with Crippen LogP contribution in [0.15, 0.2) is 18.3 Å². The zero-order chi connectivity index (χ0) is 15.9. The molecule has 0 radical (unpaired) electrons. The summed E-state index contributed by atoms with van der Waals surface area (Å²) in [6, 6.07) is 3.25. The van der Waals surface area contributed by atoms with E-state index in [1.54, 1.807) is 12.1 Å². The van der Waals surface area contributed by atoms with Crippen LogP contribution in [0.3, 0.4) is 0 Å². The second-order valence-corrected chi connectivity index (χ2v) is 6.24. The Balaban J connectivity index is 2.06. The zero-order valence-corrected chi connectivity index (χ0v) is 13.5. The lowest BCUT2D eigenvalue weighted by molar-refractivity contribution is 0.0755. The fourth-order valence-electron chi connectivity index (χ4n) is 2.52. The number of likely N-dealkylation sites (tertiary alicyclic amines) is 1. The molecule has 5 nitrogen and oxygen atoms in total. The molecule has 0 aliphatic carbocycles. The Morgan fingerprint density at radius 1 is 1.23 bits per heavy atom. The van der Waals surface area contributed by atoms with E-state index >= 15 is 0 Å². The van der Waals surface area contributed by atoms with Crippen LogP contribution >= 0.6 is 0 Å². The summed E-state index contributed by atoms with van der Waals surface area (Å²) >= 11 is 0. The van der Waals surface area contributed by atoms with E-state index in [4.69, 9.17) is 0 Å². The van der Waals surface area contributed by atoms with Gasteiger partial charge in [-0.25, -0.2) is 0 Å². The Hall–Kier alpha value is -1.91. The van der Waals surface area contributed by atoms with Gasteiger partial charge >= 0.3 is 0 Å². The first-order valence-electron chi connectivity index (χ1n) is 8.11. The first-order valence-corrected chi connectivity index (χ1v) is 8.11. The second kappa shape index (κ2) is 7.92. The number of amides is 2. The lowest BCUT2D eigenvalue weighted by atomic mass is 10.1. The van der Waals surface area contributed by atoms with E-state index in [-0.39, 0.29) is 11.8 Å². The Morgan fingerprint density at radius 3 is 2.55 bits per heavy atom. The van der Waals surface area contributed by atoms with Crippen LogP contribution in [0.4, 0.5) is 0 Å². The van der Waals surface area contributed by atoms with E-state index in [0.29, 0.717) is 23.7 Å². The maximum atomic E-state index is 12.5. The fraction of sp³-hybridized carbons (Fsp3) is 0.588. The van der Waals surface area contributed by atoms with E-state index in [1.807, 2.05) is 18.7 Å². The van der Waals surface area contributed by atoms with Crippen LogP contribution in [-0.2, 0) is 0 Å². The number of nitrogens with one attached hydrogen (secondary N) is 1. The molecule has 1 aromatic rings. The molecule has 2 rings (SSSR count). The molecule has 0 saturated carbocycles. The third-order valence-electron chi connectivity index (χ3n) is 3.81. The molecule has 0 atom stereocenters. The van der Waals surface area contributed by atoms with E-state index < -0.39 is 0 Å². The number of carbonyl (C=O) groups excluding carboxylic acids is 2. The average molecular weight is 303 g/mol. The Kier molecular flexibility index (Phi) is 5.92. The Labute approximate surface area is 132 Å². The predicted molar refractivity (Wildman–Crippen MR) is 85.8 cm³/mol. The first-order chi connectivity index (χ1) is 10.6. The molecule has 0 unspecified atom stereocenters. The van der Waals surface area contributed by atoms with Gasteiger partial charge in [0.15, 0.2) is 0 Å². The van der Waals surface area contributed by atoms with Gasteiger partial charge in [-0.05, 0) is 30.9 Å². The van der Waals surface area contributed by atoms with Crippen LogP contribution in [0, 0.1) is 5.92 Å². The number of hydrogen-bond acceptors (Lipinski definition) is 3. The van der Waals surface area contributed by atoms with Gasteiger partial charge < -0.3 is 10.2 Å². The quantitative estimate of drug-likeness (QED) is 0.929. The molecule has 1 aromatic heterocycles. The molecule has 1 aliphatic heterocycles. The van der Waals surface area contributed by atoms with Gasteiger partial charge in [0.1, 0.15) is 5.69 Å². The summed E-state index contributed by atoms with van der Waals surface area (Å²) in [6.45, 7) is 6.27. The third-order valence-corrected chi connectivity index (χ3v) is 3.81. The van der Waals surface area contributed by atoms with Crippen molar-refractivity contribution in [2.45, 2.75) is 39.5 Å². The molecular weight excluding hydrogens is 278 g/mol. The van der Waals surface area contributed by atoms with Gasteiger partial charge in [-0.1, -0.05) is 26.7 Å². The number of aromatic nitrogens is 1. The van der Waals surface area contributed by atoms with Crippen LogP contribution < -0.4 is 5.32 Å². The summed E-state index contributed by atoms with van der Waals surface area (Å²) in [5, 5.41) is 2.86. The average Bonchev–Trinajstić information content (AvgIpc) is 2.81. The van der Waals surface area contributed by atoms with Crippen molar-refractivity contribution < 1.29 is 9.59 Å². The number of rotatable bonds is 4. The van der Waals surface area contributed by atoms with Gasteiger partial charge in [-0.15, -0.1) is 0 Å². The molecule has 22 heavy (non-hydrogen) atoms. The summed E-state index contributed by atoms with van der Waals surface area (Å²) < 4.78 is 0. The largest absolute Gasteiger partial charge is 0.352 e. The highest BCUT2D eigenvalue weighted by molar-refractivity contribution is 5.98. The van der Waals surface area contributed by atoms with Gasteiger partial charge in [0.25, 0.3) is 11.8 Å². The molecule has 1 fully saturated rings. The Morgan fingerprint density at radius 2 is 1.91 bits per heavy atom. The highest BCUT2D eigenvalue weighted by Gasteiger charge is 2.19. The van der Waals surface area contributed by atoms with Gasteiger partial charge in [-0.3, -0.25) is 14.6 Å². The summed E-state index contributed by atoms with van der Waals surface area (Å²) in [5.74, 6) is 0.172. The second-order valence-electron chi connectivity index (χ2n) is 6.24. The lowest BCUT2D eigenvalue weighted by Crippen LogP contribution is -2.33. The molecular formula is C17H25N3O2. The monoisotopic (exact) mass is 303 g/mol. The zero-order valence-electron chi connectivity index (χ0n) is 13.5. The van der Waals surface area contributed by atoms with E-state index in [9.17, 15) is 9.59 Å². The van der Waals surface area contributed by atoms with Crippen molar-refractivity contribution in [1.29, 1.82) is 0 Å². The standard InChI is InChI=1S/C17H25N3O2/c1-13(2)12-19-16(21)14-7-8-18-15(11-14)17(22)20-9-5-3-4-6-10-20/h7-8,11,13H,3-6,9-10,12H2,1-2H3,(H,19,21). The summed E-state index contributed by atoms with van der Waals surface area (Å²) in [6.07, 6.45) is 5.97. The minimum Gasteiger partial charge on any atom is -0.352 e. The van der Waals surface area contributed by atoms with Crippen LogP contribution in [-0.4, -0.2) is 41.3 Å². The highest BCUT2D eigenvalue weighted by Crippen LogP contribution is 2.13. The maximum Gasteiger partial charge on any atom is 0.272 e. The molecule has 0 bridgehead atoms. The lowest BCUT2D eigenvalue weighted by Gasteiger charge is -2.19. The van der Waals surface area contributed by atoms with Gasteiger partial charge in [0, 0.05) is 31.4 Å². The van der Waals surface area contributed by atoms with Crippen LogP contribution in [0.1, 0.15) is 60.4 Å². The highest BCUT2D eigenvalue weighted by atomic mass is 16.2. The van der Waals surface area contributed by atoms with E-state index in [1.165, 1.54) is 19.0 Å². The molecule has 1 N–H and O–H groups in total. The molecule has 120 valence electrons. The number of pyridine rings is 1. The summed E-state index contributed by atoms with van der Waals surface area (Å²) in [7, 11) is 0. The number of nitrogens with zero attached hydrogens (tertiary/aromatic N) is 2. The number of carbonyl (C=O) groups is 2. The van der Waals surface area contributed by atoms with Gasteiger partial charge in [0.2, 0.25) is 0 Å².